The lowest BCUT2D eigenvalue weighted by molar-refractivity contribution is -0.116. The van der Waals surface area contributed by atoms with Crippen LogP contribution in [0.4, 0.5) is 5.82 Å². The summed E-state index contributed by atoms with van der Waals surface area (Å²) in [6, 6.07) is 1.53. The molecule has 0 bridgehead atoms. The number of anilines is 1. The number of sulfonamides is 1. The second-order valence-corrected chi connectivity index (χ2v) is 6.21. The van der Waals surface area contributed by atoms with Crippen LogP contribution in [0.3, 0.4) is 0 Å². The molecule has 0 spiro atoms. The molecule has 0 saturated carbocycles. The zero-order valence-electron chi connectivity index (χ0n) is 10.0. The molecule has 1 N–H and O–H groups in total. The number of hydrogen-bond donors (Lipinski definition) is 1. The molecule has 0 saturated heterocycles. The normalized spacial score (nSPS) is 11.8. The fourth-order valence-electron chi connectivity index (χ4n) is 1.16. The molecule has 0 aliphatic carbocycles. The first-order valence-electron chi connectivity index (χ1n) is 5.08. The Bertz CT molecular complexity index is 514. The summed E-state index contributed by atoms with van der Waals surface area (Å²) in [5, 5.41) is 5.99. The fraction of sp³-hybridized carbons (Fsp3) is 0.556. The van der Waals surface area contributed by atoms with Crippen LogP contribution >= 0.6 is 11.6 Å². The largest absolute Gasteiger partial charge is 0.360 e. The van der Waals surface area contributed by atoms with Crippen molar-refractivity contribution in [3.05, 3.63) is 11.8 Å². The van der Waals surface area contributed by atoms with Crippen molar-refractivity contribution >= 4 is 33.3 Å². The summed E-state index contributed by atoms with van der Waals surface area (Å²) >= 11 is 5.37. The van der Waals surface area contributed by atoms with Crippen LogP contribution in [0.1, 0.15) is 5.76 Å². The summed E-state index contributed by atoms with van der Waals surface area (Å²) in [5.41, 5.74) is 0. The second-order valence-electron chi connectivity index (χ2n) is 3.63. The highest BCUT2D eigenvalue weighted by Gasteiger charge is 2.20. The average molecular weight is 296 g/mol. The van der Waals surface area contributed by atoms with Crippen LogP contribution in [-0.2, 0) is 14.8 Å². The maximum Gasteiger partial charge on any atom is 0.240 e. The van der Waals surface area contributed by atoms with Crippen LogP contribution in [0, 0.1) is 6.92 Å². The van der Waals surface area contributed by atoms with Gasteiger partial charge in [0.2, 0.25) is 15.9 Å². The van der Waals surface area contributed by atoms with Crippen molar-refractivity contribution < 1.29 is 17.7 Å². The minimum Gasteiger partial charge on any atom is -0.360 e. The Kier molecular flexibility index (Phi) is 5.12. The first-order valence-corrected chi connectivity index (χ1v) is 7.22. The van der Waals surface area contributed by atoms with Gasteiger partial charge in [0.25, 0.3) is 0 Å². The van der Waals surface area contributed by atoms with E-state index in [9.17, 15) is 13.2 Å². The Morgan fingerprint density at radius 3 is 2.78 bits per heavy atom. The molecule has 0 aliphatic heterocycles. The van der Waals surface area contributed by atoms with Crippen LogP contribution in [0.15, 0.2) is 10.6 Å². The average Bonchev–Trinajstić information content (AvgIpc) is 2.63. The number of nitrogens with one attached hydrogen (secondary N) is 1. The lowest BCUT2D eigenvalue weighted by Crippen LogP contribution is -2.36. The van der Waals surface area contributed by atoms with Crippen LogP contribution in [0.25, 0.3) is 0 Å². The predicted octanol–water partition coefficient (Wildman–Crippen LogP) is 0.422. The third-order valence-corrected chi connectivity index (χ3v) is 4.28. The van der Waals surface area contributed by atoms with Crippen molar-refractivity contribution in [1.82, 2.24) is 9.46 Å². The van der Waals surface area contributed by atoms with E-state index in [0.29, 0.717) is 5.76 Å². The van der Waals surface area contributed by atoms with Gasteiger partial charge >= 0.3 is 0 Å². The van der Waals surface area contributed by atoms with Crippen LogP contribution in [0.2, 0.25) is 0 Å². The number of aromatic nitrogens is 1. The maximum atomic E-state index is 11.6. The minimum absolute atomic E-state index is 0.0171. The fourth-order valence-corrected chi connectivity index (χ4v) is 2.57. The molecular formula is C9H14ClN3O4S. The molecule has 1 aromatic heterocycles. The highest BCUT2D eigenvalue weighted by molar-refractivity contribution is 7.89. The molecule has 0 fully saturated rings. The molecule has 1 rings (SSSR count). The van der Waals surface area contributed by atoms with Crippen molar-refractivity contribution in [3.63, 3.8) is 0 Å². The molecule has 102 valence electrons. The Morgan fingerprint density at radius 1 is 1.61 bits per heavy atom. The highest BCUT2D eigenvalue weighted by Crippen LogP contribution is 2.07. The zero-order chi connectivity index (χ0) is 13.8. The van der Waals surface area contributed by atoms with Crippen LogP contribution in [0.5, 0.6) is 0 Å². The number of hydrogen-bond acceptors (Lipinski definition) is 5. The highest BCUT2D eigenvalue weighted by atomic mass is 35.5. The molecule has 0 atom stereocenters. The van der Waals surface area contributed by atoms with Gasteiger partial charge in [-0.3, -0.25) is 4.79 Å². The van der Waals surface area contributed by atoms with E-state index >= 15 is 0 Å². The maximum absolute atomic E-state index is 11.6. The number of aryl methyl sites for hydroxylation is 1. The minimum atomic E-state index is -3.50. The van der Waals surface area contributed by atoms with Crippen molar-refractivity contribution in [1.29, 1.82) is 0 Å². The number of amides is 1. The van der Waals surface area contributed by atoms with E-state index in [4.69, 9.17) is 16.1 Å². The van der Waals surface area contributed by atoms with E-state index in [-0.39, 0.29) is 24.0 Å². The van der Waals surface area contributed by atoms with E-state index in [2.05, 4.69) is 10.5 Å². The first kappa shape index (κ1) is 14.9. The molecule has 1 aromatic rings. The van der Waals surface area contributed by atoms with Crippen molar-refractivity contribution in [2.45, 2.75) is 6.92 Å². The lowest BCUT2D eigenvalue weighted by atomic mass is 10.5. The van der Waals surface area contributed by atoms with Gasteiger partial charge in [0.05, 0.1) is 12.3 Å². The van der Waals surface area contributed by atoms with Crippen molar-refractivity contribution in [2.24, 2.45) is 0 Å². The van der Waals surface area contributed by atoms with Gasteiger partial charge in [-0.05, 0) is 6.92 Å². The van der Waals surface area contributed by atoms with E-state index in [0.717, 1.165) is 4.31 Å². The Hall–Kier alpha value is -1.12. The third-order valence-electron chi connectivity index (χ3n) is 2.07. The quantitative estimate of drug-likeness (QED) is 0.768. The van der Waals surface area contributed by atoms with E-state index < -0.39 is 15.9 Å². The van der Waals surface area contributed by atoms with Gasteiger partial charge in [0, 0.05) is 19.0 Å². The van der Waals surface area contributed by atoms with Gasteiger partial charge in [-0.1, -0.05) is 5.16 Å². The van der Waals surface area contributed by atoms with E-state index in [1.54, 1.807) is 6.92 Å². The molecule has 1 amide bonds. The van der Waals surface area contributed by atoms with Gasteiger partial charge in [-0.2, -0.15) is 4.31 Å². The third kappa shape index (κ3) is 4.28. The summed E-state index contributed by atoms with van der Waals surface area (Å²) in [7, 11) is -2.18. The number of carbonyl (C=O) groups excluding carboxylic acids is 1. The summed E-state index contributed by atoms with van der Waals surface area (Å²) in [5.74, 6) is 0.0797. The monoisotopic (exact) mass is 295 g/mol. The van der Waals surface area contributed by atoms with Crippen molar-refractivity contribution in [3.8, 4) is 0 Å². The zero-order valence-corrected chi connectivity index (χ0v) is 11.6. The van der Waals surface area contributed by atoms with Gasteiger partial charge in [-0.15, -0.1) is 11.6 Å². The summed E-state index contributed by atoms with van der Waals surface area (Å²) in [6.45, 7) is 1.38. The van der Waals surface area contributed by atoms with Gasteiger partial charge in [-0.25, -0.2) is 8.42 Å². The Labute approximate surface area is 110 Å². The molecule has 7 nitrogen and oxygen atoms in total. The molecule has 18 heavy (non-hydrogen) atoms. The summed E-state index contributed by atoms with van der Waals surface area (Å²) in [6.07, 6.45) is 0. The van der Waals surface area contributed by atoms with E-state index in [1.807, 2.05) is 0 Å². The topological polar surface area (TPSA) is 92.5 Å². The SMILES string of the molecule is Cc1cc(NC(=O)CN(C)S(=O)(=O)CCCl)no1. The van der Waals surface area contributed by atoms with Gasteiger partial charge < -0.3 is 9.84 Å². The molecule has 9 heteroatoms. The second kappa shape index (κ2) is 6.17. The summed E-state index contributed by atoms with van der Waals surface area (Å²) in [4.78, 5) is 11.6. The van der Waals surface area contributed by atoms with Crippen molar-refractivity contribution in [2.75, 3.05) is 30.5 Å². The molecule has 0 unspecified atom stereocenters. The van der Waals surface area contributed by atoms with Crippen LogP contribution < -0.4 is 5.32 Å². The van der Waals surface area contributed by atoms with E-state index in [1.165, 1.54) is 13.1 Å². The summed E-state index contributed by atoms with van der Waals surface area (Å²) < 4.78 is 28.8. The van der Waals surface area contributed by atoms with Gasteiger partial charge in [0.1, 0.15) is 5.76 Å². The first-order chi connectivity index (χ1) is 8.35. The number of rotatable bonds is 6. The standard InChI is InChI=1S/C9H14ClN3O4S/c1-7-5-8(12-17-7)11-9(14)6-13(2)18(15,16)4-3-10/h5H,3-4,6H2,1-2H3,(H,11,12,14). The molecule has 1 heterocycles. The number of carbonyl (C=O) groups is 1. The Balaban J connectivity index is 2.55. The number of alkyl halides is 1. The molecular weight excluding hydrogens is 282 g/mol. The molecule has 0 aromatic carbocycles. The van der Waals surface area contributed by atoms with Crippen LogP contribution in [-0.4, -0.2) is 49.0 Å². The van der Waals surface area contributed by atoms with Gasteiger partial charge in [0.15, 0.2) is 5.82 Å². The lowest BCUT2D eigenvalue weighted by Gasteiger charge is -2.15. The molecule has 0 radical (unpaired) electrons. The molecule has 0 aliphatic rings. The smallest absolute Gasteiger partial charge is 0.240 e. The number of nitrogens with zero attached hydrogens (tertiary/aromatic N) is 2. The predicted molar refractivity (Wildman–Crippen MR) is 67.0 cm³/mol. The number of halogens is 1. The Morgan fingerprint density at radius 2 is 2.28 bits per heavy atom. The number of likely N-dealkylation sites (N-methyl/N-ethyl adjacent to an activating group) is 1.